The Morgan fingerprint density at radius 3 is 2.40 bits per heavy atom. The minimum atomic E-state index is 0.0320. The van der Waals surface area contributed by atoms with E-state index in [2.05, 4.69) is 6.92 Å². The number of unbranched alkanes of at least 4 members (excludes halogenated alkanes) is 2. The summed E-state index contributed by atoms with van der Waals surface area (Å²) in [7, 11) is 0. The molecule has 0 spiro atoms. The van der Waals surface area contributed by atoms with E-state index >= 15 is 0 Å². The molecule has 0 aliphatic heterocycles. The molecule has 1 aromatic rings. The summed E-state index contributed by atoms with van der Waals surface area (Å²) in [5.41, 5.74) is 1.60. The quantitative estimate of drug-likeness (QED) is 0.574. The van der Waals surface area contributed by atoms with Crippen LogP contribution in [0.4, 0.5) is 0 Å². The first-order valence-corrected chi connectivity index (χ1v) is 5.51. The van der Waals surface area contributed by atoms with Crippen LogP contribution in [-0.2, 0) is 6.61 Å². The summed E-state index contributed by atoms with van der Waals surface area (Å²) < 4.78 is 0. The SMILES string of the molecule is CCCCCC(=O)c1ccc(CO)cc1. The fourth-order valence-electron chi connectivity index (χ4n) is 1.48. The van der Waals surface area contributed by atoms with Gasteiger partial charge in [-0.05, 0) is 12.0 Å². The zero-order valence-electron chi connectivity index (χ0n) is 9.20. The van der Waals surface area contributed by atoms with E-state index in [1.54, 1.807) is 24.3 Å². The molecule has 0 aliphatic carbocycles. The fourth-order valence-corrected chi connectivity index (χ4v) is 1.48. The second-order valence-corrected chi connectivity index (χ2v) is 3.74. The Hall–Kier alpha value is -1.15. The third kappa shape index (κ3) is 3.84. The molecule has 1 N–H and O–H groups in total. The predicted octanol–water partition coefficient (Wildman–Crippen LogP) is 2.94. The maximum Gasteiger partial charge on any atom is 0.162 e. The van der Waals surface area contributed by atoms with E-state index in [0.29, 0.717) is 6.42 Å². The topological polar surface area (TPSA) is 37.3 Å². The van der Waals surface area contributed by atoms with E-state index < -0.39 is 0 Å². The van der Waals surface area contributed by atoms with Crippen molar-refractivity contribution in [3.8, 4) is 0 Å². The van der Waals surface area contributed by atoms with Crippen LogP contribution >= 0.6 is 0 Å². The molecular formula is C13H18O2. The van der Waals surface area contributed by atoms with E-state index in [1.165, 1.54) is 0 Å². The molecule has 0 unspecified atom stereocenters. The Kier molecular flexibility index (Phi) is 5.05. The van der Waals surface area contributed by atoms with E-state index in [-0.39, 0.29) is 12.4 Å². The lowest BCUT2D eigenvalue weighted by Crippen LogP contribution is -1.99. The zero-order valence-corrected chi connectivity index (χ0v) is 9.20. The molecular weight excluding hydrogens is 188 g/mol. The third-order valence-electron chi connectivity index (χ3n) is 2.47. The van der Waals surface area contributed by atoms with Crippen LogP contribution in [-0.4, -0.2) is 10.9 Å². The van der Waals surface area contributed by atoms with Crippen molar-refractivity contribution >= 4 is 5.78 Å². The predicted molar refractivity (Wildman–Crippen MR) is 60.8 cm³/mol. The van der Waals surface area contributed by atoms with Crippen LogP contribution in [0.2, 0.25) is 0 Å². The van der Waals surface area contributed by atoms with E-state index in [1.807, 2.05) is 0 Å². The third-order valence-corrected chi connectivity index (χ3v) is 2.47. The Balaban J connectivity index is 2.50. The summed E-state index contributed by atoms with van der Waals surface area (Å²) in [5.74, 6) is 0.202. The normalized spacial score (nSPS) is 10.3. The highest BCUT2D eigenvalue weighted by Crippen LogP contribution is 2.09. The van der Waals surface area contributed by atoms with Gasteiger partial charge in [0.2, 0.25) is 0 Å². The highest BCUT2D eigenvalue weighted by atomic mass is 16.3. The number of aliphatic hydroxyl groups is 1. The number of carbonyl (C=O) groups excluding carboxylic acids is 1. The van der Waals surface area contributed by atoms with Gasteiger partial charge in [-0.2, -0.15) is 0 Å². The summed E-state index contributed by atoms with van der Waals surface area (Å²) >= 11 is 0. The van der Waals surface area contributed by atoms with Gasteiger partial charge >= 0.3 is 0 Å². The van der Waals surface area contributed by atoms with Gasteiger partial charge in [0.05, 0.1) is 6.61 Å². The van der Waals surface area contributed by atoms with Crippen LogP contribution in [0.25, 0.3) is 0 Å². The maximum atomic E-state index is 11.7. The molecule has 2 heteroatoms. The maximum absolute atomic E-state index is 11.7. The number of hydrogen-bond acceptors (Lipinski definition) is 2. The number of rotatable bonds is 6. The highest BCUT2D eigenvalue weighted by Gasteiger charge is 2.04. The largest absolute Gasteiger partial charge is 0.392 e. The van der Waals surface area contributed by atoms with Crippen molar-refractivity contribution in [2.75, 3.05) is 0 Å². The Morgan fingerprint density at radius 1 is 1.20 bits per heavy atom. The molecule has 0 saturated carbocycles. The molecule has 0 heterocycles. The molecule has 0 aromatic heterocycles. The van der Waals surface area contributed by atoms with Gasteiger partial charge in [0, 0.05) is 12.0 Å². The van der Waals surface area contributed by atoms with Gasteiger partial charge < -0.3 is 5.11 Å². The van der Waals surface area contributed by atoms with Crippen LogP contribution in [0, 0.1) is 0 Å². The van der Waals surface area contributed by atoms with Crippen molar-refractivity contribution < 1.29 is 9.90 Å². The van der Waals surface area contributed by atoms with Gasteiger partial charge in [0.15, 0.2) is 5.78 Å². The second-order valence-electron chi connectivity index (χ2n) is 3.74. The monoisotopic (exact) mass is 206 g/mol. The van der Waals surface area contributed by atoms with Crippen LogP contribution in [0.5, 0.6) is 0 Å². The Labute approximate surface area is 90.9 Å². The van der Waals surface area contributed by atoms with Gasteiger partial charge in [-0.25, -0.2) is 0 Å². The van der Waals surface area contributed by atoms with E-state index in [9.17, 15) is 4.79 Å². The molecule has 0 atom stereocenters. The van der Waals surface area contributed by atoms with Crippen LogP contribution < -0.4 is 0 Å². The average Bonchev–Trinajstić information content (AvgIpc) is 2.29. The number of aliphatic hydroxyl groups excluding tert-OH is 1. The summed E-state index contributed by atoms with van der Waals surface area (Å²) in [6.07, 6.45) is 3.85. The van der Waals surface area contributed by atoms with Gasteiger partial charge in [0.25, 0.3) is 0 Å². The van der Waals surface area contributed by atoms with Crippen LogP contribution in [0.15, 0.2) is 24.3 Å². The van der Waals surface area contributed by atoms with Crippen LogP contribution in [0.3, 0.4) is 0 Å². The minimum Gasteiger partial charge on any atom is -0.392 e. The Bertz CT molecular complexity index is 301. The second kappa shape index (κ2) is 6.36. The molecule has 15 heavy (non-hydrogen) atoms. The van der Waals surface area contributed by atoms with Crippen molar-refractivity contribution in [3.05, 3.63) is 35.4 Å². The number of Topliss-reactive ketones (excluding diaryl/α,β-unsaturated/α-hetero) is 1. The molecule has 0 saturated heterocycles. The van der Waals surface area contributed by atoms with Gasteiger partial charge in [-0.15, -0.1) is 0 Å². The van der Waals surface area contributed by atoms with Gasteiger partial charge in [-0.1, -0.05) is 44.0 Å². The summed E-state index contributed by atoms with van der Waals surface area (Å²) in [6, 6.07) is 7.18. The standard InChI is InChI=1S/C13H18O2/c1-2-3-4-5-13(15)12-8-6-11(10-14)7-9-12/h6-9,14H,2-5,10H2,1H3. The van der Waals surface area contributed by atoms with Crippen molar-refractivity contribution in [2.24, 2.45) is 0 Å². The molecule has 1 aromatic carbocycles. The molecule has 2 nitrogen and oxygen atoms in total. The highest BCUT2D eigenvalue weighted by molar-refractivity contribution is 5.96. The molecule has 0 radical (unpaired) electrons. The molecule has 0 amide bonds. The zero-order chi connectivity index (χ0) is 11.1. The first-order chi connectivity index (χ1) is 7.27. The summed E-state index contributed by atoms with van der Waals surface area (Å²) in [6.45, 7) is 2.16. The average molecular weight is 206 g/mol. The van der Waals surface area contributed by atoms with Crippen molar-refractivity contribution in [3.63, 3.8) is 0 Å². The van der Waals surface area contributed by atoms with E-state index in [0.717, 1.165) is 30.4 Å². The van der Waals surface area contributed by atoms with Crippen molar-refractivity contribution in [1.29, 1.82) is 0 Å². The number of ketones is 1. The fraction of sp³-hybridized carbons (Fsp3) is 0.462. The number of hydrogen-bond donors (Lipinski definition) is 1. The van der Waals surface area contributed by atoms with E-state index in [4.69, 9.17) is 5.11 Å². The summed E-state index contributed by atoms with van der Waals surface area (Å²) in [5, 5.41) is 8.86. The van der Waals surface area contributed by atoms with Crippen molar-refractivity contribution in [2.45, 2.75) is 39.2 Å². The lowest BCUT2D eigenvalue weighted by Gasteiger charge is -2.01. The lowest BCUT2D eigenvalue weighted by atomic mass is 10.0. The smallest absolute Gasteiger partial charge is 0.162 e. The minimum absolute atomic E-state index is 0.0320. The van der Waals surface area contributed by atoms with Crippen molar-refractivity contribution in [1.82, 2.24) is 0 Å². The molecule has 0 bridgehead atoms. The Morgan fingerprint density at radius 2 is 1.87 bits per heavy atom. The number of benzene rings is 1. The van der Waals surface area contributed by atoms with Gasteiger partial charge in [-0.3, -0.25) is 4.79 Å². The first-order valence-electron chi connectivity index (χ1n) is 5.51. The molecule has 82 valence electrons. The van der Waals surface area contributed by atoms with Crippen LogP contribution in [0.1, 0.15) is 48.5 Å². The lowest BCUT2D eigenvalue weighted by molar-refractivity contribution is 0.0979. The molecule has 0 fully saturated rings. The molecule has 1 rings (SSSR count). The van der Waals surface area contributed by atoms with Gasteiger partial charge in [0.1, 0.15) is 0 Å². The molecule has 0 aliphatic rings. The first kappa shape index (κ1) is 11.9. The number of carbonyl (C=O) groups is 1. The summed E-state index contributed by atoms with van der Waals surface area (Å²) in [4.78, 5) is 11.7.